The van der Waals surface area contributed by atoms with Crippen LogP contribution in [0.25, 0.3) is 0 Å². The van der Waals surface area contributed by atoms with Crippen LogP contribution in [0.5, 0.6) is 0 Å². The van der Waals surface area contributed by atoms with E-state index in [-0.39, 0.29) is 10.8 Å². The second kappa shape index (κ2) is 6.42. The van der Waals surface area contributed by atoms with Crippen molar-refractivity contribution in [2.24, 2.45) is 0 Å². The third kappa shape index (κ3) is 3.51. The summed E-state index contributed by atoms with van der Waals surface area (Å²) in [5, 5.41) is 10.1. The molecule has 0 aliphatic carbocycles. The fourth-order valence-corrected chi connectivity index (χ4v) is 5.73. The second-order valence-corrected chi connectivity index (χ2v) is 8.86. The van der Waals surface area contributed by atoms with E-state index in [1.807, 2.05) is 4.90 Å². The smallest absolute Gasteiger partial charge is 0.365 e. The van der Waals surface area contributed by atoms with Gasteiger partial charge in [0.1, 0.15) is 5.37 Å². The first kappa shape index (κ1) is 15.7. The number of aromatic nitrogens is 1. The lowest BCUT2D eigenvalue weighted by atomic mass is 10.4. The Morgan fingerprint density at radius 3 is 2.95 bits per heavy atom. The van der Waals surface area contributed by atoms with E-state index in [9.17, 15) is 13.2 Å². The molecule has 9 heteroatoms. The first-order valence-corrected chi connectivity index (χ1v) is 9.90. The number of hydrogen-bond acceptors (Lipinski definition) is 7. The van der Waals surface area contributed by atoms with Crippen LogP contribution in [-0.2, 0) is 16.4 Å². The molecule has 1 aliphatic rings. The second-order valence-electron chi connectivity index (χ2n) is 4.40. The highest BCUT2D eigenvalue weighted by molar-refractivity contribution is 8.01. The fraction of sp³-hybridized carbons (Fsp3) is 0.636. The predicted molar refractivity (Wildman–Crippen MR) is 80.1 cm³/mol. The molecule has 0 aromatic carbocycles. The highest BCUT2D eigenvalue weighted by Crippen LogP contribution is 2.23. The highest BCUT2D eigenvalue weighted by Gasteiger charge is 2.33. The van der Waals surface area contributed by atoms with Crippen LogP contribution in [0.4, 0.5) is 0 Å². The van der Waals surface area contributed by atoms with E-state index in [0.29, 0.717) is 24.5 Å². The van der Waals surface area contributed by atoms with Gasteiger partial charge in [-0.2, -0.15) is 11.8 Å². The zero-order valence-electron chi connectivity index (χ0n) is 11.0. The van der Waals surface area contributed by atoms with Crippen LogP contribution in [0.3, 0.4) is 0 Å². The quantitative estimate of drug-likeness (QED) is 0.863. The lowest BCUT2D eigenvalue weighted by molar-refractivity contribution is 0.0696. The number of thiazole rings is 1. The molecular weight excluding hydrogens is 320 g/mol. The maximum Gasteiger partial charge on any atom is 0.365 e. The van der Waals surface area contributed by atoms with Crippen LogP contribution in [0.2, 0.25) is 0 Å². The Morgan fingerprint density at radius 1 is 1.60 bits per heavy atom. The van der Waals surface area contributed by atoms with Crippen molar-refractivity contribution in [2.45, 2.75) is 18.8 Å². The number of carbonyl (C=O) groups is 1. The maximum absolute atomic E-state index is 12.1. The van der Waals surface area contributed by atoms with E-state index in [0.717, 1.165) is 17.1 Å². The van der Waals surface area contributed by atoms with Crippen LogP contribution in [0.15, 0.2) is 5.38 Å². The summed E-state index contributed by atoms with van der Waals surface area (Å²) in [6.07, 6.45) is 0. The molecule has 1 aromatic rings. The summed E-state index contributed by atoms with van der Waals surface area (Å²) in [6, 6.07) is 0. The number of hydrogen-bond donors (Lipinski definition) is 1. The zero-order valence-corrected chi connectivity index (χ0v) is 13.4. The van der Waals surface area contributed by atoms with Gasteiger partial charge in [0.2, 0.25) is 5.01 Å². The molecule has 1 aromatic heterocycles. The number of aromatic carboxylic acids is 1. The molecule has 2 rings (SSSR count). The lowest BCUT2D eigenvalue weighted by Gasteiger charge is -2.34. The Balaban J connectivity index is 2.14. The van der Waals surface area contributed by atoms with Crippen molar-refractivity contribution in [3.63, 3.8) is 0 Å². The summed E-state index contributed by atoms with van der Waals surface area (Å²) < 4.78 is 24.2. The molecule has 1 saturated heterocycles. The monoisotopic (exact) mass is 336 g/mol. The molecule has 1 aliphatic heterocycles. The van der Waals surface area contributed by atoms with Gasteiger partial charge in [-0.05, 0) is 0 Å². The summed E-state index contributed by atoms with van der Waals surface area (Å²) in [6.45, 7) is 2.71. The van der Waals surface area contributed by atoms with Gasteiger partial charge in [0.15, 0.2) is 9.84 Å². The normalized spacial score (nSPS) is 20.9. The van der Waals surface area contributed by atoms with Crippen LogP contribution in [-0.4, -0.2) is 58.6 Å². The van der Waals surface area contributed by atoms with Crippen LogP contribution < -0.4 is 0 Å². The van der Waals surface area contributed by atoms with Crippen molar-refractivity contribution < 1.29 is 18.3 Å². The van der Waals surface area contributed by atoms with Gasteiger partial charge < -0.3 is 5.11 Å². The molecule has 1 atom stereocenters. The van der Waals surface area contributed by atoms with E-state index < -0.39 is 21.2 Å². The Morgan fingerprint density at radius 2 is 2.35 bits per heavy atom. The van der Waals surface area contributed by atoms with E-state index in [1.54, 1.807) is 24.1 Å². The molecule has 1 fully saturated rings. The molecule has 0 amide bonds. The molecule has 1 N–H and O–H groups in total. The van der Waals surface area contributed by atoms with Gasteiger partial charge in [0, 0.05) is 35.7 Å². The molecule has 0 radical (unpaired) electrons. The summed E-state index contributed by atoms with van der Waals surface area (Å²) >= 11 is 2.71. The van der Waals surface area contributed by atoms with Crippen molar-refractivity contribution in [2.75, 3.05) is 23.8 Å². The Hall–Kier alpha value is -0.640. The number of thioether (sulfide) groups is 1. The van der Waals surface area contributed by atoms with Gasteiger partial charge in [-0.15, -0.1) is 11.3 Å². The molecule has 0 spiro atoms. The summed E-state index contributed by atoms with van der Waals surface area (Å²) in [5.74, 6) is 0.511. The molecule has 20 heavy (non-hydrogen) atoms. The first-order valence-electron chi connectivity index (χ1n) is 6.15. The van der Waals surface area contributed by atoms with Crippen molar-refractivity contribution in [1.29, 1.82) is 0 Å². The van der Waals surface area contributed by atoms with E-state index >= 15 is 0 Å². The molecule has 112 valence electrons. The summed E-state index contributed by atoms with van der Waals surface area (Å²) in [7, 11) is -3.14. The van der Waals surface area contributed by atoms with Gasteiger partial charge in [-0.25, -0.2) is 18.2 Å². The molecule has 0 saturated carbocycles. The van der Waals surface area contributed by atoms with Gasteiger partial charge in [-0.1, -0.05) is 6.92 Å². The summed E-state index contributed by atoms with van der Waals surface area (Å²) in [4.78, 5) is 16.7. The number of nitrogens with zero attached hydrogens (tertiary/aromatic N) is 2. The van der Waals surface area contributed by atoms with Crippen molar-refractivity contribution in [3.05, 3.63) is 16.1 Å². The first-order chi connectivity index (χ1) is 9.44. The fourth-order valence-electron chi connectivity index (χ4n) is 2.01. The molecule has 1 unspecified atom stereocenters. The Kier molecular flexibility index (Phi) is 5.05. The Bertz CT molecular complexity index is 584. The minimum atomic E-state index is -3.14. The van der Waals surface area contributed by atoms with Crippen molar-refractivity contribution >= 4 is 38.9 Å². The number of sulfone groups is 1. The minimum Gasteiger partial charge on any atom is -0.476 e. The number of carboxylic acids is 1. The average molecular weight is 336 g/mol. The minimum absolute atomic E-state index is 0.0429. The highest BCUT2D eigenvalue weighted by atomic mass is 32.2. The van der Waals surface area contributed by atoms with Crippen LogP contribution in [0.1, 0.15) is 22.4 Å². The van der Waals surface area contributed by atoms with Crippen molar-refractivity contribution in [3.8, 4) is 0 Å². The molecule has 0 bridgehead atoms. The van der Waals surface area contributed by atoms with Gasteiger partial charge in [0.05, 0.1) is 5.69 Å². The third-order valence-electron chi connectivity index (χ3n) is 3.11. The molecule has 6 nitrogen and oxygen atoms in total. The predicted octanol–water partition coefficient (Wildman–Crippen LogP) is 1.15. The topological polar surface area (TPSA) is 87.6 Å². The number of carboxylic acid groups (broad SMARTS) is 1. The molecular formula is C11H16N2O4S3. The summed E-state index contributed by atoms with van der Waals surface area (Å²) in [5.41, 5.74) is 0.621. The van der Waals surface area contributed by atoms with Crippen molar-refractivity contribution in [1.82, 2.24) is 9.88 Å². The van der Waals surface area contributed by atoms with Crippen LogP contribution >= 0.6 is 23.1 Å². The van der Waals surface area contributed by atoms with E-state index in [1.165, 1.54) is 0 Å². The molecule has 2 heterocycles. The van der Waals surface area contributed by atoms with E-state index in [4.69, 9.17) is 5.11 Å². The van der Waals surface area contributed by atoms with Gasteiger partial charge in [0.25, 0.3) is 0 Å². The lowest BCUT2D eigenvalue weighted by Crippen LogP contribution is -2.47. The van der Waals surface area contributed by atoms with Gasteiger partial charge in [-0.3, -0.25) is 4.90 Å². The SMILES string of the molecule is CCS(=O)(=O)C1CSCCN1Cc1csc(C(=O)O)n1. The average Bonchev–Trinajstić information content (AvgIpc) is 2.88. The maximum atomic E-state index is 12.1. The van der Waals surface area contributed by atoms with E-state index in [2.05, 4.69) is 4.98 Å². The van der Waals surface area contributed by atoms with Gasteiger partial charge >= 0.3 is 5.97 Å². The number of rotatable bonds is 5. The largest absolute Gasteiger partial charge is 0.476 e. The zero-order chi connectivity index (χ0) is 14.8. The third-order valence-corrected chi connectivity index (χ3v) is 7.32. The van der Waals surface area contributed by atoms with Crippen LogP contribution in [0, 0.1) is 0 Å². The Labute approximate surface area is 126 Å². The standard InChI is InChI=1S/C11H16N2O4S3/c1-2-20(16,17)9-7-18-4-3-13(9)5-8-6-19-10(12-8)11(14)15/h6,9H,2-5,7H2,1H3,(H,14,15).